The molecule has 2 saturated carbocycles. The molecular formula is C21H22ClFN4O2. The zero-order valence-electron chi connectivity index (χ0n) is 15.9. The van der Waals surface area contributed by atoms with Gasteiger partial charge in [0.15, 0.2) is 0 Å². The number of nitrogens with one attached hydrogen (secondary N) is 1. The quantitative estimate of drug-likeness (QED) is 0.745. The second-order valence-corrected chi connectivity index (χ2v) is 8.64. The van der Waals surface area contributed by atoms with Crippen molar-refractivity contribution in [2.75, 3.05) is 10.2 Å². The van der Waals surface area contributed by atoms with Crippen molar-refractivity contribution in [3.8, 4) is 0 Å². The Morgan fingerprint density at radius 3 is 2.76 bits per heavy atom. The van der Waals surface area contributed by atoms with Gasteiger partial charge in [-0.3, -0.25) is 4.79 Å². The fourth-order valence-electron chi connectivity index (χ4n) is 4.59. The molecule has 1 aromatic carbocycles. The maximum absolute atomic E-state index is 13.9. The van der Waals surface area contributed by atoms with Crippen LogP contribution in [0.25, 0.3) is 0 Å². The lowest BCUT2D eigenvalue weighted by Gasteiger charge is -2.28. The van der Waals surface area contributed by atoms with Gasteiger partial charge in [0, 0.05) is 17.8 Å². The first-order chi connectivity index (χ1) is 14.0. The molecule has 2 aromatic rings. The van der Waals surface area contributed by atoms with Crippen molar-refractivity contribution >= 4 is 29.0 Å². The molecule has 6 nitrogen and oxygen atoms in total. The normalized spacial score (nSPS) is 24.7. The summed E-state index contributed by atoms with van der Waals surface area (Å²) >= 11 is 6.03. The Morgan fingerprint density at radius 2 is 2.03 bits per heavy atom. The van der Waals surface area contributed by atoms with Crippen LogP contribution in [0.2, 0.25) is 5.28 Å². The van der Waals surface area contributed by atoms with Crippen LogP contribution in [0.4, 0.5) is 15.9 Å². The van der Waals surface area contributed by atoms with Gasteiger partial charge < -0.3 is 15.3 Å². The van der Waals surface area contributed by atoms with Crippen molar-refractivity contribution in [1.29, 1.82) is 0 Å². The van der Waals surface area contributed by atoms with Crippen LogP contribution in [0.1, 0.15) is 49.7 Å². The molecule has 2 aliphatic carbocycles. The van der Waals surface area contributed by atoms with E-state index in [2.05, 4.69) is 15.3 Å². The van der Waals surface area contributed by atoms with E-state index >= 15 is 0 Å². The molecule has 152 valence electrons. The molecule has 1 aromatic heterocycles. The second kappa shape index (κ2) is 6.92. The van der Waals surface area contributed by atoms with Gasteiger partial charge in [-0.15, -0.1) is 0 Å². The van der Waals surface area contributed by atoms with Gasteiger partial charge in [0.05, 0.1) is 23.8 Å². The molecule has 3 aliphatic rings. The monoisotopic (exact) mass is 416 g/mol. The van der Waals surface area contributed by atoms with E-state index in [1.54, 1.807) is 17.2 Å². The van der Waals surface area contributed by atoms with E-state index in [0.29, 0.717) is 11.5 Å². The Labute approximate surface area is 173 Å². The largest absolute Gasteiger partial charge is 0.393 e. The number of halogens is 2. The van der Waals surface area contributed by atoms with Crippen molar-refractivity contribution in [2.24, 2.45) is 0 Å². The Hall–Kier alpha value is -2.25. The highest BCUT2D eigenvalue weighted by atomic mass is 35.5. The smallest absolute Gasteiger partial charge is 0.238 e. The number of aliphatic hydroxyl groups is 1. The fraction of sp³-hybridized carbons (Fsp3) is 0.476. The van der Waals surface area contributed by atoms with E-state index in [9.17, 15) is 14.3 Å². The van der Waals surface area contributed by atoms with Gasteiger partial charge in [-0.25, -0.2) is 14.4 Å². The minimum Gasteiger partial charge on any atom is -0.393 e. The molecule has 1 amide bonds. The minimum absolute atomic E-state index is 0.0137. The van der Waals surface area contributed by atoms with Crippen LogP contribution in [0, 0.1) is 5.82 Å². The van der Waals surface area contributed by atoms with Gasteiger partial charge in [-0.2, -0.15) is 0 Å². The van der Waals surface area contributed by atoms with Gasteiger partial charge in [0.25, 0.3) is 0 Å². The topological polar surface area (TPSA) is 78.4 Å². The Bertz CT molecular complexity index is 973. The summed E-state index contributed by atoms with van der Waals surface area (Å²) in [5.41, 5.74) is 1.80. The summed E-state index contributed by atoms with van der Waals surface area (Å²) in [5, 5.41) is 13.3. The number of carbonyl (C=O) groups excluding carboxylic acids is 1. The second-order valence-electron chi connectivity index (χ2n) is 8.30. The molecule has 29 heavy (non-hydrogen) atoms. The molecule has 0 bridgehead atoms. The first kappa shape index (κ1) is 18.8. The number of benzene rings is 1. The molecule has 2 N–H and O–H groups in total. The summed E-state index contributed by atoms with van der Waals surface area (Å²) in [6.07, 6.45) is 6.13. The van der Waals surface area contributed by atoms with E-state index in [0.717, 1.165) is 49.7 Å². The van der Waals surface area contributed by atoms with Crippen LogP contribution in [-0.4, -0.2) is 33.1 Å². The van der Waals surface area contributed by atoms with E-state index in [-0.39, 0.29) is 35.7 Å². The number of rotatable bonds is 4. The van der Waals surface area contributed by atoms with Crippen molar-refractivity contribution in [1.82, 2.24) is 9.97 Å². The first-order valence-electron chi connectivity index (χ1n) is 10.0. The number of aromatic nitrogens is 2. The van der Waals surface area contributed by atoms with E-state index in [1.165, 1.54) is 12.1 Å². The fourth-order valence-corrected chi connectivity index (χ4v) is 4.72. The SMILES string of the molecule is O=C1N(Cc2cnc(Cl)nc2N[C@H]2CC[C@H](O)CC2)c2cc(F)ccc2C12CC2. The molecule has 0 unspecified atom stereocenters. The molecule has 1 spiro atoms. The molecule has 1 aliphatic heterocycles. The van der Waals surface area contributed by atoms with Crippen LogP contribution in [0.3, 0.4) is 0 Å². The molecule has 0 saturated heterocycles. The summed E-state index contributed by atoms with van der Waals surface area (Å²) < 4.78 is 13.9. The molecular weight excluding hydrogens is 395 g/mol. The minimum atomic E-state index is -0.483. The summed E-state index contributed by atoms with van der Waals surface area (Å²) in [6.45, 7) is 0.256. The molecule has 2 fully saturated rings. The van der Waals surface area contributed by atoms with Crippen molar-refractivity contribution in [3.63, 3.8) is 0 Å². The van der Waals surface area contributed by atoms with Crippen LogP contribution in [0.15, 0.2) is 24.4 Å². The van der Waals surface area contributed by atoms with Crippen LogP contribution in [-0.2, 0) is 16.8 Å². The summed E-state index contributed by atoms with van der Waals surface area (Å²) in [4.78, 5) is 23.2. The average molecular weight is 417 g/mol. The summed E-state index contributed by atoms with van der Waals surface area (Å²) in [7, 11) is 0. The maximum atomic E-state index is 13.9. The predicted octanol–water partition coefficient (Wildman–Crippen LogP) is 3.56. The Morgan fingerprint density at radius 1 is 1.28 bits per heavy atom. The van der Waals surface area contributed by atoms with Gasteiger partial charge >= 0.3 is 0 Å². The molecule has 2 heterocycles. The van der Waals surface area contributed by atoms with E-state index < -0.39 is 5.41 Å². The number of fused-ring (bicyclic) bond motifs is 2. The molecule has 0 atom stereocenters. The lowest BCUT2D eigenvalue weighted by Crippen LogP contribution is -2.33. The van der Waals surface area contributed by atoms with E-state index in [1.807, 2.05) is 0 Å². The zero-order valence-corrected chi connectivity index (χ0v) is 16.6. The highest BCUT2D eigenvalue weighted by molar-refractivity contribution is 6.28. The van der Waals surface area contributed by atoms with Crippen LogP contribution in [0.5, 0.6) is 0 Å². The first-order valence-corrected chi connectivity index (χ1v) is 10.4. The van der Waals surface area contributed by atoms with Gasteiger partial charge in [-0.05, 0) is 67.8 Å². The van der Waals surface area contributed by atoms with Crippen molar-refractivity contribution < 1.29 is 14.3 Å². The average Bonchev–Trinajstić information content (AvgIpc) is 3.47. The number of nitrogens with zero attached hydrogens (tertiary/aromatic N) is 3. The number of hydrogen-bond donors (Lipinski definition) is 2. The lowest BCUT2D eigenvalue weighted by molar-refractivity contribution is -0.120. The summed E-state index contributed by atoms with van der Waals surface area (Å²) in [6, 6.07) is 4.77. The third-order valence-corrected chi connectivity index (χ3v) is 6.55. The maximum Gasteiger partial charge on any atom is 0.238 e. The van der Waals surface area contributed by atoms with Crippen LogP contribution < -0.4 is 10.2 Å². The number of amides is 1. The van der Waals surface area contributed by atoms with Crippen LogP contribution >= 0.6 is 11.6 Å². The summed E-state index contributed by atoms with van der Waals surface area (Å²) in [5.74, 6) is 0.249. The highest BCUT2D eigenvalue weighted by Gasteiger charge is 2.59. The number of aliphatic hydroxyl groups excluding tert-OH is 1. The van der Waals surface area contributed by atoms with Gasteiger partial charge in [0.1, 0.15) is 11.6 Å². The lowest BCUT2D eigenvalue weighted by atomic mass is 9.93. The Kier molecular flexibility index (Phi) is 4.47. The van der Waals surface area contributed by atoms with Crippen molar-refractivity contribution in [2.45, 2.75) is 62.6 Å². The molecule has 5 rings (SSSR count). The Balaban J connectivity index is 1.44. The van der Waals surface area contributed by atoms with Gasteiger partial charge in [-0.1, -0.05) is 6.07 Å². The standard InChI is InChI=1S/C21H22ClFN4O2/c22-20-24-10-12(18(26-20)25-14-2-4-15(28)5-3-14)11-27-17-9-13(23)1-6-16(17)21(7-8-21)19(27)29/h1,6,9-10,14-15,28H,2-5,7-8,11H2,(H,24,25,26)/t14-,15-. The third kappa shape index (κ3) is 3.26. The highest BCUT2D eigenvalue weighted by Crippen LogP contribution is 2.57. The number of hydrogen-bond acceptors (Lipinski definition) is 5. The van der Waals surface area contributed by atoms with E-state index in [4.69, 9.17) is 11.6 Å². The zero-order chi connectivity index (χ0) is 20.2. The van der Waals surface area contributed by atoms with Gasteiger partial charge in [0.2, 0.25) is 11.2 Å². The molecule has 0 radical (unpaired) electrons. The predicted molar refractivity (Wildman–Crippen MR) is 107 cm³/mol. The third-order valence-electron chi connectivity index (χ3n) is 6.37. The van der Waals surface area contributed by atoms with Crippen molar-refractivity contribution in [3.05, 3.63) is 46.6 Å². The number of carbonyl (C=O) groups is 1. The number of anilines is 2. The molecule has 8 heteroatoms.